The van der Waals surface area contributed by atoms with Gasteiger partial charge >= 0.3 is 7.12 Å². The smallest absolute Gasteiger partial charge is 0.426 e. The molecule has 0 aliphatic carbocycles. The Hall–Kier alpha value is -1.37. The maximum absolute atomic E-state index is 9.97. The molecular formula is C15H27BN2O3. The zero-order chi connectivity index (χ0) is 16.3. The molecule has 1 amide bonds. The molecule has 0 bridgehead atoms. The number of hydrogen-bond donors (Lipinski definition) is 4. The summed E-state index contributed by atoms with van der Waals surface area (Å²) < 4.78 is 0. The number of benzene rings is 1. The van der Waals surface area contributed by atoms with Gasteiger partial charge in [-0.15, -0.1) is 0 Å². The minimum atomic E-state index is -1.47. The highest BCUT2D eigenvalue weighted by molar-refractivity contribution is 6.43. The Balaban J connectivity index is 0.000000382. The van der Waals surface area contributed by atoms with Gasteiger partial charge in [-0.05, 0) is 31.2 Å². The molecule has 1 rings (SSSR count). The minimum Gasteiger partial charge on any atom is -0.426 e. The Kier molecular flexibility index (Phi) is 10.6. The van der Waals surface area contributed by atoms with E-state index in [2.05, 4.69) is 17.4 Å². The summed E-state index contributed by atoms with van der Waals surface area (Å²) in [6.07, 6.45) is 2.02. The number of nitrogens with two attached hydrogens (primary N) is 1. The van der Waals surface area contributed by atoms with Crippen molar-refractivity contribution in [2.24, 2.45) is 11.7 Å². The maximum atomic E-state index is 9.97. The second-order valence-corrected chi connectivity index (χ2v) is 5.60. The van der Waals surface area contributed by atoms with Crippen molar-refractivity contribution < 1.29 is 14.8 Å². The highest BCUT2D eigenvalue weighted by Crippen LogP contribution is 2.04. The molecule has 0 fully saturated rings. The number of carbonyl (C=O) groups excluding carboxylic acids is 1. The first-order valence-corrected chi connectivity index (χ1v) is 7.22. The van der Waals surface area contributed by atoms with Gasteiger partial charge in [0.05, 0.1) is 5.94 Å². The average molecular weight is 294 g/mol. The van der Waals surface area contributed by atoms with Gasteiger partial charge in [0, 0.05) is 6.04 Å². The molecule has 0 heterocycles. The lowest BCUT2D eigenvalue weighted by molar-refractivity contribution is -0.109. The summed E-state index contributed by atoms with van der Waals surface area (Å²) in [5.74, 6) is -0.221. The number of hydrogen-bond acceptors (Lipinski definition) is 4. The summed E-state index contributed by atoms with van der Waals surface area (Å²) in [4.78, 5) is 9.97. The Morgan fingerprint density at radius 2 is 1.81 bits per heavy atom. The van der Waals surface area contributed by atoms with Crippen molar-refractivity contribution in [2.75, 3.05) is 0 Å². The molecule has 0 saturated carbocycles. The molecule has 2 atom stereocenters. The lowest BCUT2D eigenvalue weighted by atomic mass is 9.75. The topological polar surface area (TPSA) is 95.6 Å². The van der Waals surface area contributed by atoms with Crippen LogP contribution in [-0.4, -0.2) is 35.6 Å². The zero-order valence-corrected chi connectivity index (χ0v) is 13.1. The quantitative estimate of drug-likeness (QED) is 0.440. The standard InChI is InChI=1S/C9H13N.C6H14BNO3/c1-8(10)7-9-5-3-2-4-6-9;1-5(2)3-6(7(10)11)8-4-9/h2-6,8H,7,10H2,1H3;4-6,10-11H,3H2,1-2H3,(H,8,9)/t;6-/m.0/s1. The fourth-order valence-electron chi connectivity index (χ4n) is 1.86. The largest absolute Gasteiger partial charge is 0.475 e. The Morgan fingerprint density at radius 3 is 2.19 bits per heavy atom. The van der Waals surface area contributed by atoms with Crippen LogP contribution >= 0.6 is 0 Å². The lowest BCUT2D eigenvalue weighted by Crippen LogP contribution is -2.43. The van der Waals surface area contributed by atoms with E-state index >= 15 is 0 Å². The van der Waals surface area contributed by atoms with Crippen molar-refractivity contribution in [3.05, 3.63) is 35.9 Å². The highest BCUT2D eigenvalue weighted by atomic mass is 16.4. The van der Waals surface area contributed by atoms with Crippen LogP contribution in [-0.2, 0) is 11.2 Å². The van der Waals surface area contributed by atoms with E-state index in [0.717, 1.165) is 6.42 Å². The van der Waals surface area contributed by atoms with Crippen molar-refractivity contribution in [1.82, 2.24) is 5.32 Å². The molecule has 0 saturated heterocycles. The Bertz CT molecular complexity index is 372. The van der Waals surface area contributed by atoms with Crippen molar-refractivity contribution in [3.63, 3.8) is 0 Å². The summed E-state index contributed by atoms with van der Waals surface area (Å²) in [6.45, 7) is 5.91. The molecule has 118 valence electrons. The second kappa shape index (κ2) is 11.3. The predicted molar refractivity (Wildman–Crippen MR) is 86.4 cm³/mol. The highest BCUT2D eigenvalue weighted by Gasteiger charge is 2.23. The Morgan fingerprint density at radius 1 is 1.24 bits per heavy atom. The van der Waals surface area contributed by atoms with E-state index < -0.39 is 13.1 Å². The van der Waals surface area contributed by atoms with Crippen LogP contribution in [0.15, 0.2) is 30.3 Å². The van der Waals surface area contributed by atoms with Gasteiger partial charge < -0.3 is 21.1 Å². The second-order valence-electron chi connectivity index (χ2n) is 5.60. The van der Waals surface area contributed by atoms with E-state index in [1.54, 1.807) is 0 Å². The molecule has 21 heavy (non-hydrogen) atoms. The SMILES string of the molecule is CC(C)C[C@H](NC=O)B(O)O.CC(N)Cc1ccccc1. The van der Waals surface area contributed by atoms with E-state index in [0.29, 0.717) is 18.7 Å². The first kappa shape index (κ1) is 19.6. The van der Waals surface area contributed by atoms with Crippen molar-refractivity contribution in [2.45, 2.75) is 45.6 Å². The first-order valence-electron chi connectivity index (χ1n) is 7.22. The fourth-order valence-corrected chi connectivity index (χ4v) is 1.86. The van der Waals surface area contributed by atoms with E-state index in [1.165, 1.54) is 5.56 Å². The van der Waals surface area contributed by atoms with Gasteiger partial charge in [0.15, 0.2) is 0 Å². The third-order valence-corrected chi connectivity index (χ3v) is 2.77. The molecule has 1 unspecified atom stereocenters. The number of carbonyl (C=O) groups is 1. The fraction of sp³-hybridized carbons (Fsp3) is 0.533. The van der Waals surface area contributed by atoms with Crippen LogP contribution in [0.2, 0.25) is 0 Å². The molecule has 0 spiro atoms. The monoisotopic (exact) mass is 294 g/mol. The summed E-state index contributed by atoms with van der Waals surface area (Å²) in [7, 11) is -1.47. The summed E-state index contributed by atoms with van der Waals surface area (Å²) in [5, 5.41) is 19.8. The number of amides is 1. The summed E-state index contributed by atoms with van der Waals surface area (Å²) in [6, 6.07) is 10.6. The van der Waals surface area contributed by atoms with Gasteiger partial charge in [-0.2, -0.15) is 0 Å². The molecule has 5 nitrogen and oxygen atoms in total. The Labute approximate surface area is 127 Å². The maximum Gasteiger partial charge on any atom is 0.475 e. The van der Waals surface area contributed by atoms with Crippen LogP contribution in [0.25, 0.3) is 0 Å². The first-order chi connectivity index (χ1) is 9.86. The van der Waals surface area contributed by atoms with Gasteiger partial charge in [-0.1, -0.05) is 44.2 Å². The average Bonchev–Trinajstić information content (AvgIpc) is 2.39. The number of nitrogens with one attached hydrogen (secondary N) is 1. The minimum absolute atomic E-state index is 0.266. The lowest BCUT2D eigenvalue weighted by Gasteiger charge is -2.16. The van der Waals surface area contributed by atoms with Gasteiger partial charge in [0.25, 0.3) is 0 Å². The molecule has 0 aliphatic rings. The summed E-state index contributed by atoms with van der Waals surface area (Å²) in [5.41, 5.74) is 6.94. The van der Waals surface area contributed by atoms with E-state index in [9.17, 15) is 4.79 Å². The number of rotatable bonds is 7. The third-order valence-electron chi connectivity index (χ3n) is 2.77. The predicted octanol–water partition coefficient (Wildman–Crippen LogP) is 0.735. The molecule has 5 N–H and O–H groups in total. The van der Waals surface area contributed by atoms with Crippen molar-refractivity contribution in [1.29, 1.82) is 0 Å². The normalized spacial score (nSPS) is 12.9. The van der Waals surface area contributed by atoms with E-state index in [1.807, 2.05) is 39.0 Å². The van der Waals surface area contributed by atoms with Crippen LogP contribution in [0.3, 0.4) is 0 Å². The molecule has 0 aliphatic heterocycles. The van der Waals surface area contributed by atoms with Gasteiger partial charge in [-0.3, -0.25) is 4.79 Å². The molecule has 1 aromatic rings. The molecule has 0 aromatic heterocycles. The van der Waals surface area contributed by atoms with Crippen molar-refractivity contribution >= 4 is 13.5 Å². The van der Waals surface area contributed by atoms with Gasteiger partial charge in [0.2, 0.25) is 6.41 Å². The molecule has 1 aromatic carbocycles. The van der Waals surface area contributed by atoms with E-state index in [-0.39, 0.29) is 6.04 Å². The van der Waals surface area contributed by atoms with Crippen LogP contribution < -0.4 is 11.1 Å². The van der Waals surface area contributed by atoms with Gasteiger partial charge in [0.1, 0.15) is 0 Å². The third kappa shape index (κ3) is 11.0. The molecule has 0 radical (unpaired) electrons. The summed E-state index contributed by atoms with van der Waals surface area (Å²) >= 11 is 0. The van der Waals surface area contributed by atoms with Crippen LogP contribution in [0.5, 0.6) is 0 Å². The molecule has 6 heteroatoms. The van der Waals surface area contributed by atoms with Crippen LogP contribution in [0.4, 0.5) is 0 Å². The zero-order valence-electron chi connectivity index (χ0n) is 13.1. The van der Waals surface area contributed by atoms with E-state index in [4.69, 9.17) is 15.8 Å². The molecular weight excluding hydrogens is 267 g/mol. The van der Waals surface area contributed by atoms with Crippen molar-refractivity contribution in [3.8, 4) is 0 Å². The van der Waals surface area contributed by atoms with Gasteiger partial charge in [-0.25, -0.2) is 0 Å². The van der Waals surface area contributed by atoms with Crippen LogP contribution in [0.1, 0.15) is 32.8 Å². The van der Waals surface area contributed by atoms with Crippen LogP contribution in [0, 0.1) is 5.92 Å².